The topological polar surface area (TPSA) is 56.3 Å². The molecule has 2 rings (SSSR count). The quantitative estimate of drug-likeness (QED) is 0.833. The summed E-state index contributed by atoms with van der Waals surface area (Å²) in [6.07, 6.45) is 2.36. The van der Waals surface area contributed by atoms with Crippen molar-refractivity contribution in [2.24, 2.45) is 5.92 Å². The molecule has 19 heavy (non-hydrogen) atoms. The molecule has 0 bridgehead atoms. The molecular formula is C13H20BrN3O2. The highest BCUT2D eigenvalue weighted by Gasteiger charge is 2.35. The number of ether oxygens (including phenoxy) is 2. The molecule has 1 fully saturated rings. The van der Waals surface area contributed by atoms with Gasteiger partial charge in [0.05, 0.1) is 16.8 Å². The molecule has 1 aliphatic carbocycles. The van der Waals surface area contributed by atoms with Gasteiger partial charge in [0.2, 0.25) is 0 Å². The van der Waals surface area contributed by atoms with Gasteiger partial charge >= 0.3 is 0 Å². The monoisotopic (exact) mass is 329 g/mol. The largest absolute Gasteiger partial charge is 0.378 e. The zero-order valence-electron chi connectivity index (χ0n) is 11.6. The van der Waals surface area contributed by atoms with Crippen molar-refractivity contribution in [2.75, 3.05) is 26.1 Å². The predicted molar refractivity (Wildman–Crippen MR) is 77.1 cm³/mol. The second-order valence-electron chi connectivity index (χ2n) is 4.65. The van der Waals surface area contributed by atoms with E-state index in [4.69, 9.17) is 9.47 Å². The molecule has 1 atom stereocenters. The number of rotatable bonds is 7. The van der Waals surface area contributed by atoms with Crippen molar-refractivity contribution < 1.29 is 9.47 Å². The Morgan fingerprint density at radius 3 is 2.63 bits per heavy atom. The maximum Gasteiger partial charge on any atom is 0.160 e. The number of hydrogen-bond donors (Lipinski definition) is 1. The van der Waals surface area contributed by atoms with E-state index in [-0.39, 0.29) is 6.10 Å². The molecule has 1 aromatic rings. The van der Waals surface area contributed by atoms with E-state index in [1.165, 1.54) is 12.8 Å². The van der Waals surface area contributed by atoms with Crippen molar-refractivity contribution in [2.45, 2.75) is 32.5 Å². The predicted octanol–water partition coefficient (Wildman–Crippen LogP) is 2.91. The Kier molecular flexibility index (Phi) is 5.13. The number of methoxy groups -OCH3 is 2. The smallest absolute Gasteiger partial charge is 0.160 e. The van der Waals surface area contributed by atoms with Gasteiger partial charge in [-0.05, 0) is 41.6 Å². The summed E-state index contributed by atoms with van der Waals surface area (Å²) in [5.41, 5.74) is 0.853. The van der Waals surface area contributed by atoms with Gasteiger partial charge in [-0.2, -0.15) is 0 Å². The first kappa shape index (κ1) is 14.7. The fourth-order valence-corrected chi connectivity index (χ4v) is 2.50. The Balaban J connectivity index is 2.36. The third kappa shape index (κ3) is 3.43. The van der Waals surface area contributed by atoms with Crippen LogP contribution in [0.25, 0.3) is 0 Å². The molecule has 0 aliphatic heterocycles. The minimum absolute atomic E-state index is 0.0129. The Bertz CT molecular complexity index is 411. The number of aromatic nitrogens is 2. The van der Waals surface area contributed by atoms with Crippen molar-refractivity contribution in [3.63, 3.8) is 0 Å². The van der Waals surface area contributed by atoms with Gasteiger partial charge in [-0.25, -0.2) is 9.97 Å². The lowest BCUT2D eigenvalue weighted by molar-refractivity contribution is 0.0765. The van der Waals surface area contributed by atoms with Gasteiger partial charge in [-0.3, -0.25) is 0 Å². The van der Waals surface area contributed by atoms with Crippen LogP contribution in [0.1, 0.15) is 37.4 Å². The van der Waals surface area contributed by atoms with Crippen molar-refractivity contribution >= 4 is 21.7 Å². The van der Waals surface area contributed by atoms with E-state index in [0.717, 1.165) is 28.4 Å². The number of nitrogens with one attached hydrogen (secondary N) is 1. The summed E-state index contributed by atoms with van der Waals surface area (Å²) in [6, 6.07) is 0. The molecule has 1 N–H and O–H groups in total. The lowest BCUT2D eigenvalue weighted by Crippen LogP contribution is -2.14. The Labute approximate surface area is 122 Å². The number of hydrogen-bond acceptors (Lipinski definition) is 5. The van der Waals surface area contributed by atoms with E-state index in [1.807, 2.05) is 6.92 Å². The number of anilines is 1. The SMILES string of the molecule is CCNc1nc(C(OC)C2CC2)nc(COC)c1Br. The summed E-state index contributed by atoms with van der Waals surface area (Å²) in [6.45, 7) is 3.30. The maximum absolute atomic E-state index is 5.56. The molecule has 1 saturated carbocycles. The van der Waals surface area contributed by atoms with Crippen LogP contribution >= 0.6 is 15.9 Å². The third-order valence-electron chi connectivity index (χ3n) is 3.12. The lowest BCUT2D eigenvalue weighted by Gasteiger charge is -2.17. The second kappa shape index (κ2) is 6.63. The van der Waals surface area contributed by atoms with E-state index in [0.29, 0.717) is 12.5 Å². The van der Waals surface area contributed by atoms with Crippen molar-refractivity contribution in [3.05, 3.63) is 16.0 Å². The van der Waals surface area contributed by atoms with Crippen molar-refractivity contribution in [3.8, 4) is 0 Å². The van der Waals surface area contributed by atoms with Crippen LogP contribution in [0.2, 0.25) is 0 Å². The van der Waals surface area contributed by atoms with Gasteiger partial charge in [-0.15, -0.1) is 0 Å². The minimum Gasteiger partial charge on any atom is -0.378 e. The average Bonchev–Trinajstić information content (AvgIpc) is 3.21. The van der Waals surface area contributed by atoms with E-state index >= 15 is 0 Å². The zero-order valence-corrected chi connectivity index (χ0v) is 13.2. The molecule has 0 saturated heterocycles. The van der Waals surface area contributed by atoms with Crippen LogP contribution in [0.15, 0.2) is 4.47 Å². The Morgan fingerprint density at radius 2 is 2.11 bits per heavy atom. The van der Waals surface area contributed by atoms with Gasteiger partial charge in [-0.1, -0.05) is 0 Å². The van der Waals surface area contributed by atoms with Gasteiger partial charge in [0.15, 0.2) is 5.82 Å². The van der Waals surface area contributed by atoms with Crippen LogP contribution in [0.4, 0.5) is 5.82 Å². The summed E-state index contributed by atoms with van der Waals surface area (Å²) in [4.78, 5) is 9.18. The summed E-state index contributed by atoms with van der Waals surface area (Å²) in [5.74, 6) is 2.11. The molecule has 1 aromatic heterocycles. The van der Waals surface area contributed by atoms with Crippen molar-refractivity contribution in [1.29, 1.82) is 0 Å². The first-order chi connectivity index (χ1) is 9.21. The number of halogens is 1. The highest BCUT2D eigenvalue weighted by molar-refractivity contribution is 9.10. The van der Waals surface area contributed by atoms with E-state index in [2.05, 4.69) is 31.2 Å². The van der Waals surface area contributed by atoms with Crippen LogP contribution in [-0.4, -0.2) is 30.7 Å². The second-order valence-corrected chi connectivity index (χ2v) is 5.44. The molecule has 5 nitrogen and oxygen atoms in total. The van der Waals surface area contributed by atoms with Gasteiger partial charge in [0, 0.05) is 20.8 Å². The van der Waals surface area contributed by atoms with E-state index < -0.39 is 0 Å². The molecule has 106 valence electrons. The zero-order chi connectivity index (χ0) is 13.8. The fourth-order valence-electron chi connectivity index (χ4n) is 2.06. The standard InChI is InChI=1S/C13H20BrN3O2/c1-4-15-12-10(14)9(7-18-2)16-13(17-12)11(19-3)8-5-6-8/h8,11H,4-7H2,1-3H3,(H,15,16,17). The highest BCUT2D eigenvalue weighted by atomic mass is 79.9. The molecule has 0 spiro atoms. The van der Waals surface area contributed by atoms with Crippen LogP contribution in [-0.2, 0) is 16.1 Å². The molecule has 1 aliphatic rings. The normalized spacial score (nSPS) is 16.4. The fraction of sp³-hybridized carbons (Fsp3) is 0.692. The average molecular weight is 330 g/mol. The third-order valence-corrected chi connectivity index (χ3v) is 3.95. The Hall–Kier alpha value is -0.720. The first-order valence-corrected chi connectivity index (χ1v) is 7.32. The van der Waals surface area contributed by atoms with Crippen LogP contribution in [0.3, 0.4) is 0 Å². The van der Waals surface area contributed by atoms with E-state index in [1.54, 1.807) is 14.2 Å². The summed E-state index contributed by atoms with van der Waals surface area (Å²) in [5, 5.41) is 3.24. The molecule has 6 heteroatoms. The van der Waals surface area contributed by atoms with E-state index in [9.17, 15) is 0 Å². The molecule has 0 radical (unpaired) electrons. The van der Waals surface area contributed by atoms with Crippen molar-refractivity contribution in [1.82, 2.24) is 9.97 Å². The minimum atomic E-state index is -0.0129. The maximum atomic E-state index is 5.56. The molecule has 1 heterocycles. The molecular weight excluding hydrogens is 310 g/mol. The van der Waals surface area contributed by atoms with Crippen LogP contribution in [0.5, 0.6) is 0 Å². The summed E-state index contributed by atoms with van der Waals surface area (Å²) < 4.78 is 11.6. The van der Waals surface area contributed by atoms with Gasteiger partial charge in [0.25, 0.3) is 0 Å². The van der Waals surface area contributed by atoms with Crippen LogP contribution in [0, 0.1) is 5.92 Å². The van der Waals surface area contributed by atoms with Gasteiger partial charge in [0.1, 0.15) is 11.9 Å². The highest BCUT2D eigenvalue weighted by Crippen LogP contribution is 2.42. The summed E-state index contributed by atoms with van der Waals surface area (Å²) >= 11 is 3.53. The number of nitrogens with zero attached hydrogens (tertiary/aromatic N) is 2. The first-order valence-electron chi connectivity index (χ1n) is 6.53. The molecule has 0 amide bonds. The molecule has 1 unspecified atom stereocenters. The van der Waals surface area contributed by atoms with Gasteiger partial charge < -0.3 is 14.8 Å². The summed E-state index contributed by atoms with van der Waals surface area (Å²) in [7, 11) is 3.38. The van der Waals surface area contributed by atoms with Crippen LogP contribution < -0.4 is 5.32 Å². The lowest BCUT2D eigenvalue weighted by atomic mass is 10.2. The molecule has 0 aromatic carbocycles. The Morgan fingerprint density at radius 1 is 1.37 bits per heavy atom.